The highest BCUT2D eigenvalue weighted by Crippen LogP contribution is 2.37. The van der Waals surface area contributed by atoms with Gasteiger partial charge in [-0.15, -0.1) is 0 Å². The summed E-state index contributed by atoms with van der Waals surface area (Å²) >= 11 is 0. The highest BCUT2D eigenvalue weighted by molar-refractivity contribution is 5.32. The van der Waals surface area contributed by atoms with E-state index < -0.39 is 0 Å². The Bertz CT molecular complexity index is 410. The molecule has 1 atom stereocenters. The molecule has 0 saturated heterocycles. The van der Waals surface area contributed by atoms with Gasteiger partial charge in [0, 0.05) is 17.8 Å². The normalized spacial score (nSPS) is 19.8. The van der Waals surface area contributed by atoms with Crippen molar-refractivity contribution in [2.45, 2.75) is 43.7 Å². The summed E-state index contributed by atoms with van der Waals surface area (Å²) in [6.45, 7) is 0. The van der Waals surface area contributed by atoms with Gasteiger partial charge in [0.25, 0.3) is 0 Å². The third-order valence-electron chi connectivity index (χ3n) is 4.64. The second-order valence-electron chi connectivity index (χ2n) is 5.84. The first-order chi connectivity index (χ1) is 9.08. The summed E-state index contributed by atoms with van der Waals surface area (Å²) in [6, 6.07) is 4.51. The van der Waals surface area contributed by atoms with E-state index in [1.165, 1.54) is 31.2 Å². The van der Waals surface area contributed by atoms with Gasteiger partial charge in [0.2, 0.25) is 0 Å². The Morgan fingerprint density at radius 1 is 1.42 bits per heavy atom. The van der Waals surface area contributed by atoms with Crippen molar-refractivity contribution in [1.82, 2.24) is 15.2 Å². The molecule has 1 unspecified atom stereocenters. The topological polar surface area (TPSA) is 54.2 Å². The van der Waals surface area contributed by atoms with Crippen molar-refractivity contribution in [2.75, 3.05) is 26.9 Å². The van der Waals surface area contributed by atoms with Crippen molar-refractivity contribution in [1.29, 1.82) is 0 Å². The summed E-state index contributed by atoms with van der Waals surface area (Å²) < 4.78 is 0. The Kier molecular flexibility index (Phi) is 4.42. The van der Waals surface area contributed by atoms with Crippen LogP contribution in [0.3, 0.4) is 0 Å². The van der Waals surface area contributed by atoms with E-state index in [1.807, 2.05) is 6.07 Å². The van der Waals surface area contributed by atoms with Crippen LogP contribution in [0.1, 0.15) is 31.2 Å². The summed E-state index contributed by atoms with van der Waals surface area (Å²) in [5, 5.41) is 3.53. The summed E-state index contributed by atoms with van der Waals surface area (Å²) in [4.78, 5) is 6.48. The van der Waals surface area contributed by atoms with E-state index in [1.54, 1.807) is 6.20 Å². The number of aromatic nitrogens is 1. The fraction of sp³-hybridized carbons (Fsp3) is 0.667. The van der Waals surface area contributed by atoms with Crippen LogP contribution in [0.15, 0.2) is 18.3 Å². The Balaban J connectivity index is 2.19. The molecule has 106 valence electrons. The van der Waals surface area contributed by atoms with Crippen molar-refractivity contribution >= 4 is 5.82 Å². The molecule has 0 aromatic carbocycles. The predicted octanol–water partition coefficient (Wildman–Crippen LogP) is 1.67. The van der Waals surface area contributed by atoms with Gasteiger partial charge in [0.05, 0.1) is 0 Å². The molecule has 1 heterocycles. The van der Waals surface area contributed by atoms with Crippen LogP contribution < -0.4 is 11.1 Å². The van der Waals surface area contributed by atoms with E-state index in [2.05, 4.69) is 42.4 Å². The first kappa shape index (κ1) is 14.3. The summed E-state index contributed by atoms with van der Waals surface area (Å²) in [5.41, 5.74) is 7.31. The van der Waals surface area contributed by atoms with Gasteiger partial charge >= 0.3 is 0 Å². The highest BCUT2D eigenvalue weighted by atomic mass is 15.2. The molecular formula is C15H26N4. The van der Waals surface area contributed by atoms with Gasteiger partial charge in [-0.25, -0.2) is 4.98 Å². The second-order valence-corrected chi connectivity index (χ2v) is 5.84. The molecule has 2 rings (SSSR count). The van der Waals surface area contributed by atoms with Crippen LogP contribution in [-0.4, -0.2) is 42.6 Å². The lowest BCUT2D eigenvalue weighted by atomic mass is 9.83. The minimum atomic E-state index is 0.271. The summed E-state index contributed by atoms with van der Waals surface area (Å²) in [5.74, 6) is 0.609. The maximum absolute atomic E-state index is 5.78. The van der Waals surface area contributed by atoms with Crippen LogP contribution in [0.2, 0.25) is 0 Å². The number of anilines is 1. The van der Waals surface area contributed by atoms with Crippen LogP contribution in [-0.2, 0) is 6.42 Å². The molecule has 1 aromatic rings. The molecule has 4 heteroatoms. The van der Waals surface area contributed by atoms with Gasteiger partial charge in [-0.2, -0.15) is 0 Å². The number of nitrogen functional groups attached to an aromatic ring is 1. The Labute approximate surface area is 116 Å². The van der Waals surface area contributed by atoms with Gasteiger partial charge in [-0.3, -0.25) is 0 Å². The van der Waals surface area contributed by atoms with Crippen LogP contribution in [0.25, 0.3) is 0 Å². The first-order valence-electron chi connectivity index (χ1n) is 7.13. The number of hydrogen-bond donors (Lipinski definition) is 2. The van der Waals surface area contributed by atoms with Crippen LogP contribution in [0, 0.1) is 0 Å². The zero-order valence-electron chi connectivity index (χ0n) is 12.3. The fourth-order valence-corrected chi connectivity index (χ4v) is 3.51. The molecule has 1 fully saturated rings. The van der Waals surface area contributed by atoms with Crippen LogP contribution in [0.5, 0.6) is 0 Å². The van der Waals surface area contributed by atoms with E-state index in [4.69, 9.17) is 5.73 Å². The first-order valence-corrected chi connectivity index (χ1v) is 7.13. The van der Waals surface area contributed by atoms with E-state index >= 15 is 0 Å². The van der Waals surface area contributed by atoms with Gasteiger partial charge < -0.3 is 16.0 Å². The van der Waals surface area contributed by atoms with Crippen LogP contribution >= 0.6 is 0 Å². The summed E-state index contributed by atoms with van der Waals surface area (Å²) in [7, 11) is 6.48. The monoisotopic (exact) mass is 262 g/mol. The molecule has 1 aliphatic carbocycles. The number of pyridine rings is 1. The van der Waals surface area contributed by atoms with E-state index in [9.17, 15) is 0 Å². The molecule has 1 saturated carbocycles. The minimum absolute atomic E-state index is 0.271. The minimum Gasteiger partial charge on any atom is -0.384 e. The van der Waals surface area contributed by atoms with Gasteiger partial charge in [-0.1, -0.05) is 12.8 Å². The molecule has 0 bridgehead atoms. The number of nitrogens with one attached hydrogen (secondary N) is 1. The quantitative estimate of drug-likeness (QED) is 0.847. The second kappa shape index (κ2) is 5.88. The highest BCUT2D eigenvalue weighted by Gasteiger charge is 2.42. The number of rotatable bonds is 5. The number of nitrogens with two attached hydrogens (primary N) is 1. The molecule has 1 aliphatic rings. The average molecular weight is 262 g/mol. The standard InChI is InChI=1S/C15H26N4/c1-17-13(10-12-6-9-18-14(16)11-12)15(19(2)3)7-4-5-8-15/h6,9,11,13,17H,4-5,7-8,10H2,1-3H3,(H2,16,18). The smallest absolute Gasteiger partial charge is 0.123 e. The lowest BCUT2D eigenvalue weighted by molar-refractivity contribution is 0.108. The Morgan fingerprint density at radius 3 is 2.63 bits per heavy atom. The lowest BCUT2D eigenvalue weighted by Crippen LogP contribution is -2.57. The Morgan fingerprint density at radius 2 is 2.11 bits per heavy atom. The molecule has 1 aromatic heterocycles. The zero-order chi connectivity index (χ0) is 13.9. The largest absolute Gasteiger partial charge is 0.384 e. The molecule has 4 nitrogen and oxygen atoms in total. The maximum Gasteiger partial charge on any atom is 0.123 e. The van der Waals surface area contributed by atoms with Crippen molar-refractivity contribution in [3.05, 3.63) is 23.9 Å². The lowest BCUT2D eigenvalue weighted by Gasteiger charge is -2.43. The SMILES string of the molecule is CNC(Cc1ccnc(N)c1)C1(N(C)C)CCCC1. The van der Waals surface area contributed by atoms with Gasteiger partial charge in [-0.05, 0) is 58.1 Å². The van der Waals surface area contributed by atoms with Crippen molar-refractivity contribution < 1.29 is 0 Å². The zero-order valence-corrected chi connectivity index (χ0v) is 12.3. The molecule has 3 N–H and O–H groups in total. The fourth-order valence-electron chi connectivity index (χ4n) is 3.51. The maximum atomic E-state index is 5.78. The number of likely N-dealkylation sites (N-methyl/N-ethyl adjacent to an activating group) is 2. The number of nitrogens with zero attached hydrogens (tertiary/aromatic N) is 2. The van der Waals surface area contributed by atoms with E-state index in [-0.39, 0.29) is 5.54 Å². The predicted molar refractivity (Wildman–Crippen MR) is 80.1 cm³/mol. The Hall–Kier alpha value is -1.13. The van der Waals surface area contributed by atoms with Crippen molar-refractivity contribution in [2.24, 2.45) is 0 Å². The van der Waals surface area contributed by atoms with Crippen LogP contribution in [0.4, 0.5) is 5.82 Å². The molecule has 0 aliphatic heterocycles. The van der Waals surface area contributed by atoms with Crippen molar-refractivity contribution in [3.8, 4) is 0 Å². The molecule has 0 spiro atoms. The van der Waals surface area contributed by atoms with Gasteiger partial charge in [0.15, 0.2) is 0 Å². The van der Waals surface area contributed by atoms with E-state index in [0.717, 1.165) is 6.42 Å². The molecular weight excluding hydrogens is 236 g/mol. The molecule has 0 radical (unpaired) electrons. The third-order valence-corrected chi connectivity index (χ3v) is 4.64. The molecule has 19 heavy (non-hydrogen) atoms. The summed E-state index contributed by atoms with van der Waals surface area (Å²) in [6.07, 6.45) is 8.00. The van der Waals surface area contributed by atoms with Gasteiger partial charge in [0.1, 0.15) is 5.82 Å². The molecule has 0 amide bonds. The third kappa shape index (κ3) is 2.90. The van der Waals surface area contributed by atoms with E-state index in [0.29, 0.717) is 11.9 Å². The number of hydrogen-bond acceptors (Lipinski definition) is 4. The average Bonchev–Trinajstić information content (AvgIpc) is 2.86. The van der Waals surface area contributed by atoms with Crippen molar-refractivity contribution in [3.63, 3.8) is 0 Å².